The summed E-state index contributed by atoms with van der Waals surface area (Å²) in [6, 6.07) is 7.78. The van der Waals surface area contributed by atoms with Gasteiger partial charge in [-0.25, -0.2) is 13.6 Å². The molecular weight excluding hydrogens is 652 g/mol. The first-order valence-electron chi connectivity index (χ1n) is 8.10. The largest absolute Gasteiger partial charge is 0.481 e. The normalized spacial score (nSPS) is 9.62. The number of Topliss-reactive ketones (excluding diaryl/α,β-unsaturated/α-hetero) is 1. The molecule has 2 aromatic rings. The molecule has 10 heteroatoms. The van der Waals surface area contributed by atoms with Gasteiger partial charge in [0.25, 0.3) is 0 Å². The van der Waals surface area contributed by atoms with Crippen LogP contribution in [0.5, 0.6) is 0 Å². The standard InChI is InChI=1S/C10H8FIO3.C10H6FIO3.2CH4/c2*11-7-3-6(4-8(12)5-7)9(13)1-2-10(14)15;;/h3-5H,1-2H2,(H,14,15);1-5H,(H,14,15);2*1H4/b;2-1+;;. The van der Waals surface area contributed by atoms with Gasteiger partial charge in [0.1, 0.15) is 11.6 Å². The number of carboxylic acids is 2. The van der Waals surface area contributed by atoms with Crippen molar-refractivity contribution >= 4 is 68.7 Å². The lowest BCUT2D eigenvalue weighted by Crippen LogP contribution is -2.04. The third kappa shape index (κ3) is 12.6. The number of ketones is 2. The molecule has 0 amide bonds. The highest BCUT2D eigenvalue weighted by atomic mass is 127. The number of halogens is 4. The summed E-state index contributed by atoms with van der Waals surface area (Å²) in [7, 11) is 0. The van der Waals surface area contributed by atoms with Crippen molar-refractivity contribution < 1.29 is 38.2 Å². The third-order valence-corrected chi connectivity index (χ3v) is 4.52. The maximum atomic E-state index is 12.9. The molecular formula is C22H22F2I2O6. The maximum Gasteiger partial charge on any atom is 0.328 e. The minimum absolute atomic E-state index is 0. The van der Waals surface area contributed by atoms with Gasteiger partial charge in [-0.3, -0.25) is 14.4 Å². The molecule has 0 aliphatic rings. The van der Waals surface area contributed by atoms with Gasteiger partial charge in [-0.2, -0.15) is 0 Å². The average Bonchev–Trinajstić information content (AvgIpc) is 2.63. The number of carbonyl (C=O) groups excluding carboxylic acids is 2. The van der Waals surface area contributed by atoms with E-state index >= 15 is 0 Å². The van der Waals surface area contributed by atoms with Crippen LogP contribution in [0.1, 0.15) is 48.4 Å². The second-order valence-corrected chi connectivity index (χ2v) is 8.16. The van der Waals surface area contributed by atoms with E-state index in [1.165, 1.54) is 24.3 Å². The van der Waals surface area contributed by atoms with Crippen molar-refractivity contribution in [2.75, 3.05) is 0 Å². The van der Waals surface area contributed by atoms with E-state index in [4.69, 9.17) is 10.2 Å². The van der Waals surface area contributed by atoms with Crippen molar-refractivity contribution in [3.8, 4) is 0 Å². The van der Waals surface area contributed by atoms with Gasteiger partial charge in [-0.1, -0.05) is 14.9 Å². The first kappa shape index (κ1) is 32.0. The highest BCUT2D eigenvalue weighted by molar-refractivity contribution is 14.1. The maximum absolute atomic E-state index is 12.9. The van der Waals surface area contributed by atoms with Crippen LogP contribution in [0, 0.1) is 18.8 Å². The number of hydrogen-bond acceptors (Lipinski definition) is 4. The first-order chi connectivity index (χ1) is 14.0. The number of carboxylic acid groups (broad SMARTS) is 2. The fourth-order valence-electron chi connectivity index (χ4n) is 2.02. The summed E-state index contributed by atoms with van der Waals surface area (Å²) in [6.45, 7) is 0. The molecule has 0 heterocycles. The van der Waals surface area contributed by atoms with E-state index in [-0.39, 0.29) is 44.6 Å². The third-order valence-electron chi connectivity index (χ3n) is 3.27. The van der Waals surface area contributed by atoms with Gasteiger partial charge >= 0.3 is 11.9 Å². The van der Waals surface area contributed by atoms with E-state index in [1.54, 1.807) is 0 Å². The zero-order valence-corrected chi connectivity index (χ0v) is 19.4. The zero-order chi connectivity index (χ0) is 22.8. The highest BCUT2D eigenvalue weighted by Gasteiger charge is 2.10. The van der Waals surface area contributed by atoms with Crippen LogP contribution in [0.15, 0.2) is 48.6 Å². The SMILES string of the molecule is C.C.O=C(O)/C=C/C(=O)c1cc(F)cc(I)c1.O=C(O)CCC(=O)c1cc(F)cc(I)c1. The molecule has 0 saturated heterocycles. The summed E-state index contributed by atoms with van der Waals surface area (Å²) in [6.07, 6.45) is 1.29. The smallest absolute Gasteiger partial charge is 0.328 e. The Kier molecular flexibility index (Phi) is 15.5. The van der Waals surface area contributed by atoms with E-state index in [9.17, 15) is 28.0 Å². The Morgan fingerprint density at radius 1 is 0.750 bits per heavy atom. The van der Waals surface area contributed by atoms with Gasteiger partial charge in [-0.05, 0) is 87.7 Å². The second kappa shape index (κ2) is 15.6. The van der Waals surface area contributed by atoms with E-state index < -0.39 is 29.4 Å². The molecule has 2 N–H and O–H groups in total. The molecule has 0 saturated carbocycles. The predicted molar refractivity (Wildman–Crippen MR) is 134 cm³/mol. The Hall–Kier alpha value is -2.22. The molecule has 0 bridgehead atoms. The molecule has 0 aromatic heterocycles. The molecule has 0 aliphatic carbocycles. The van der Waals surface area contributed by atoms with E-state index in [1.807, 2.05) is 45.2 Å². The minimum Gasteiger partial charge on any atom is -0.481 e. The first-order valence-corrected chi connectivity index (χ1v) is 10.3. The van der Waals surface area contributed by atoms with Crippen LogP contribution in [0.25, 0.3) is 0 Å². The molecule has 6 nitrogen and oxygen atoms in total. The highest BCUT2D eigenvalue weighted by Crippen LogP contribution is 2.14. The van der Waals surface area contributed by atoms with Crippen LogP contribution in [-0.4, -0.2) is 33.7 Å². The number of rotatable bonds is 7. The van der Waals surface area contributed by atoms with Gasteiger partial charge < -0.3 is 10.2 Å². The topological polar surface area (TPSA) is 109 Å². The molecule has 0 spiro atoms. The van der Waals surface area contributed by atoms with Crippen molar-refractivity contribution in [3.63, 3.8) is 0 Å². The van der Waals surface area contributed by atoms with Crippen molar-refractivity contribution in [1.82, 2.24) is 0 Å². The summed E-state index contributed by atoms with van der Waals surface area (Å²) in [5.41, 5.74) is 0.359. The fraction of sp³-hybridized carbons (Fsp3) is 0.182. The molecule has 2 rings (SSSR count). The Morgan fingerprint density at radius 2 is 1.22 bits per heavy atom. The molecule has 0 unspecified atom stereocenters. The molecule has 0 aliphatic heterocycles. The minimum atomic E-state index is -1.21. The summed E-state index contributed by atoms with van der Waals surface area (Å²) in [5.74, 6) is -4.14. The quantitative estimate of drug-likeness (QED) is 0.212. The number of allylic oxidation sites excluding steroid dienone is 1. The summed E-state index contributed by atoms with van der Waals surface area (Å²) in [4.78, 5) is 43.1. The van der Waals surface area contributed by atoms with Crippen LogP contribution >= 0.6 is 45.2 Å². The molecule has 0 radical (unpaired) electrons. The second-order valence-electron chi connectivity index (χ2n) is 5.67. The van der Waals surface area contributed by atoms with Crippen molar-refractivity contribution in [2.45, 2.75) is 27.7 Å². The van der Waals surface area contributed by atoms with Gasteiger partial charge in [0, 0.05) is 30.8 Å². The lowest BCUT2D eigenvalue weighted by atomic mass is 10.1. The monoisotopic (exact) mass is 674 g/mol. The van der Waals surface area contributed by atoms with E-state index in [0.29, 0.717) is 7.14 Å². The Bertz CT molecular complexity index is 965. The number of benzene rings is 2. The number of carbonyl (C=O) groups is 4. The van der Waals surface area contributed by atoms with Crippen molar-refractivity contribution in [3.05, 3.63) is 78.5 Å². The summed E-state index contributed by atoms with van der Waals surface area (Å²) >= 11 is 3.77. The number of aliphatic carboxylic acids is 2. The van der Waals surface area contributed by atoms with Crippen LogP contribution in [0.4, 0.5) is 8.78 Å². The molecule has 32 heavy (non-hydrogen) atoms. The van der Waals surface area contributed by atoms with E-state index in [0.717, 1.165) is 24.3 Å². The van der Waals surface area contributed by atoms with Crippen LogP contribution in [-0.2, 0) is 9.59 Å². The molecule has 2 aromatic carbocycles. The van der Waals surface area contributed by atoms with Crippen molar-refractivity contribution in [1.29, 1.82) is 0 Å². The van der Waals surface area contributed by atoms with Gasteiger partial charge in [0.2, 0.25) is 0 Å². The van der Waals surface area contributed by atoms with Crippen LogP contribution in [0.2, 0.25) is 0 Å². The predicted octanol–water partition coefficient (Wildman–Crippen LogP) is 6.00. The Balaban J connectivity index is 0. The van der Waals surface area contributed by atoms with Gasteiger partial charge in [0.05, 0.1) is 6.42 Å². The van der Waals surface area contributed by atoms with Gasteiger partial charge in [0.15, 0.2) is 11.6 Å². The Morgan fingerprint density at radius 3 is 1.66 bits per heavy atom. The average molecular weight is 674 g/mol. The molecule has 0 atom stereocenters. The summed E-state index contributed by atoms with van der Waals surface area (Å²) < 4.78 is 27.0. The van der Waals surface area contributed by atoms with Crippen LogP contribution in [0.3, 0.4) is 0 Å². The number of hydrogen-bond donors (Lipinski definition) is 2. The van der Waals surface area contributed by atoms with Gasteiger partial charge in [-0.15, -0.1) is 0 Å². The molecule has 174 valence electrons. The van der Waals surface area contributed by atoms with Crippen molar-refractivity contribution in [2.24, 2.45) is 0 Å². The van der Waals surface area contributed by atoms with E-state index in [2.05, 4.69) is 0 Å². The van der Waals surface area contributed by atoms with Crippen LogP contribution < -0.4 is 0 Å². The zero-order valence-electron chi connectivity index (χ0n) is 15.1. The summed E-state index contributed by atoms with van der Waals surface area (Å²) in [5, 5.41) is 16.7. The molecule has 0 fully saturated rings. The lowest BCUT2D eigenvalue weighted by molar-refractivity contribution is -0.137. The Labute approximate surface area is 212 Å². The fourth-order valence-corrected chi connectivity index (χ4v) is 3.28. The lowest BCUT2D eigenvalue weighted by Gasteiger charge is -2.00.